The van der Waals surface area contributed by atoms with E-state index in [2.05, 4.69) is 25.5 Å². The number of aryl methyl sites for hydroxylation is 1. The molecular weight excluding hydrogens is 464 g/mol. The minimum Gasteiger partial charge on any atom is -0.351 e. The molecule has 2 aromatic carbocycles. The summed E-state index contributed by atoms with van der Waals surface area (Å²) < 4.78 is 1.95. The number of rotatable bonds is 6. The highest BCUT2D eigenvalue weighted by atomic mass is 32.2. The molecule has 5 rings (SSSR count). The molecular formula is C25H26N6O3S. The first-order chi connectivity index (χ1) is 17.0. The van der Waals surface area contributed by atoms with E-state index in [9.17, 15) is 14.4 Å². The van der Waals surface area contributed by atoms with Crippen LogP contribution in [0, 0.1) is 0 Å². The smallest absolute Gasteiger partial charge is 0.262 e. The maximum absolute atomic E-state index is 12.8. The van der Waals surface area contributed by atoms with Crippen molar-refractivity contribution in [2.75, 3.05) is 23.7 Å². The molecule has 3 aromatic rings. The van der Waals surface area contributed by atoms with E-state index in [1.807, 2.05) is 35.8 Å². The number of hydrogen-bond donors (Lipinski definition) is 2. The maximum Gasteiger partial charge on any atom is 0.262 e. The minimum atomic E-state index is -0.492. The lowest BCUT2D eigenvalue weighted by molar-refractivity contribution is -0.121. The topological polar surface area (TPSA) is 109 Å². The van der Waals surface area contributed by atoms with Gasteiger partial charge < -0.3 is 14.8 Å². The predicted molar refractivity (Wildman–Crippen MR) is 138 cm³/mol. The molecule has 0 unspecified atom stereocenters. The van der Waals surface area contributed by atoms with Crippen LogP contribution in [-0.4, -0.2) is 55.7 Å². The number of para-hydroxylation sites is 2. The van der Waals surface area contributed by atoms with E-state index in [4.69, 9.17) is 0 Å². The van der Waals surface area contributed by atoms with E-state index in [1.165, 1.54) is 11.8 Å². The highest BCUT2D eigenvalue weighted by Crippen LogP contribution is 2.29. The number of hydrogen-bond acceptors (Lipinski definition) is 6. The number of imidazole rings is 1. The number of likely N-dealkylation sites (tertiary alicyclic amines) is 1. The molecule has 0 bridgehead atoms. The van der Waals surface area contributed by atoms with Crippen LogP contribution >= 0.6 is 11.8 Å². The van der Waals surface area contributed by atoms with Gasteiger partial charge in [0.05, 0.1) is 11.0 Å². The van der Waals surface area contributed by atoms with Crippen molar-refractivity contribution in [3.05, 3.63) is 54.1 Å². The van der Waals surface area contributed by atoms with Crippen LogP contribution in [0.15, 0.2) is 53.5 Å². The van der Waals surface area contributed by atoms with Crippen molar-refractivity contribution in [2.45, 2.75) is 38.0 Å². The number of thioether (sulfide) groups is 1. The van der Waals surface area contributed by atoms with E-state index >= 15 is 0 Å². The SMILES string of the molecule is CCn1c(NC(=O)c2ccc(NC(=O)C[C@@H]3SC(N4CCCC4)=NC3=O)cc2)nc2ccccc21. The number of amides is 3. The quantitative estimate of drug-likeness (QED) is 0.545. The van der Waals surface area contributed by atoms with Gasteiger partial charge in [-0.15, -0.1) is 0 Å². The van der Waals surface area contributed by atoms with Crippen LogP contribution in [0.4, 0.5) is 11.6 Å². The Morgan fingerprint density at radius 2 is 1.80 bits per heavy atom. The third-order valence-corrected chi connectivity index (χ3v) is 7.32. The lowest BCUT2D eigenvalue weighted by Crippen LogP contribution is -2.25. The van der Waals surface area contributed by atoms with Gasteiger partial charge in [0.15, 0.2) is 5.17 Å². The zero-order valence-corrected chi connectivity index (χ0v) is 20.2. The number of fused-ring (bicyclic) bond motifs is 1. The van der Waals surface area contributed by atoms with Crippen LogP contribution in [0.2, 0.25) is 0 Å². The molecule has 35 heavy (non-hydrogen) atoms. The Balaban J connectivity index is 1.17. The van der Waals surface area contributed by atoms with Crippen LogP contribution in [0.5, 0.6) is 0 Å². The number of nitrogens with one attached hydrogen (secondary N) is 2. The molecule has 2 N–H and O–H groups in total. The van der Waals surface area contributed by atoms with E-state index in [1.54, 1.807) is 24.3 Å². The second-order valence-corrected chi connectivity index (χ2v) is 9.66. The van der Waals surface area contributed by atoms with E-state index in [-0.39, 0.29) is 24.1 Å². The number of carbonyl (C=O) groups is 3. The van der Waals surface area contributed by atoms with E-state index < -0.39 is 5.25 Å². The first-order valence-electron chi connectivity index (χ1n) is 11.7. The fraction of sp³-hybridized carbons (Fsp3) is 0.320. The van der Waals surface area contributed by atoms with E-state index in [0.717, 1.165) is 42.1 Å². The van der Waals surface area contributed by atoms with Crippen molar-refractivity contribution >= 4 is 57.3 Å². The number of amidine groups is 1. The van der Waals surface area contributed by atoms with Crippen molar-refractivity contribution in [3.8, 4) is 0 Å². The second-order valence-electron chi connectivity index (χ2n) is 8.49. The Bertz CT molecular complexity index is 1310. The van der Waals surface area contributed by atoms with Gasteiger partial charge in [-0.25, -0.2) is 4.98 Å². The Labute approximate surface area is 207 Å². The molecule has 1 aromatic heterocycles. The van der Waals surface area contributed by atoms with Crippen molar-refractivity contribution in [3.63, 3.8) is 0 Å². The number of aliphatic imine (C=N–C) groups is 1. The molecule has 2 aliphatic heterocycles. The van der Waals surface area contributed by atoms with Gasteiger partial charge in [-0.1, -0.05) is 23.9 Å². The summed E-state index contributed by atoms with van der Waals surface area (Å²) in [5.41, 5.74) is 2.78. The third-order valence-electron chi connectivity index (χ3n) is 6.10. The number of anilines is 2. The predicted octanol–water partition coefficient (Wildman–Crippen LogP) is 3.73. The number of benzene rings is 2. The molecule has 2 aliphatic rings. The summed E-state index contributed by atoms with van der Waals surface area (Å²) in [4.78, 5) is 48.3. The van der Waals surface area contributed by atoms with Gasteiger partial charge in [-0.3, -0.25) is 19.7 Å². The highest BCUT2D eigenvalue weighted by Gasteiger charge is 2.33. The standard InChI is InChI=1S/C25H26N6O3S/c1-2-31-19-8-4-3-7-18(19)27-24(31)28-22(33)16-9-11-17(12-10-16)26-21(32)15-20-23(34)29-25(35-20)30-13-5-6-14-30/h3-4,7-12,20H,2,5-6,13-15H2,1H3,(H,26,32)(H,27,28,33)/t20-/m0/s1. The average molecular weight is 491 g/mol. The summed E-state index contributed by atoms with van der Waals surface area (Å²) in [5, 5.41) is 5.93. The Morgan fingerprint density at radius 3 is 2.54 bits per heavy atom. The summed E-state index contributed by atoms with van der Waals surface area (Å²) >= 11 is 1.37. The van der Waals surface area contributed by atoms with Gasteiger partial charge in [0.2, 0.25) is 11.9 Å². The summed E-state index contributed by atoms with van der Waals surface area (Å²) in [6.45, 7) is 4.50. The Hall–Kier alpha value is -3.66. The van der Waals surface area contributed by atoms with Crippen LogP contribution in [0.25, 0.3) is 11.0 Å². The second kappa shape index (κ2) is 9.91. The first-order valence-corrected chi connectivity index (χ1v) is 12.6. The first kappa shape index (κ1) is 23.1. The minimum absolute atomic E-state index is 0.0554. The number of carbonyl (C=O) groups excluding carboxylic acids is 3. The molecule has 1 saturated heterocycles. The van der Waals surface area contributed by atoms with Crippen molar-refractivity contribution in [1.29, 1.82) is 0 Å². The molecule has 10 heteroatoms. The van der Waals surface area contributed by atoms with Gasteiger partial charge in [0.1, 0.15) is 5.25 Å². The third kappa shape index (κ3) is 4.93. The Kier molecular flexibility index (Phi) is 6.54. The molecule has 9 nitrogen and oxygen atoms in total. The fourth-order valence-electron chi connectivity index (χ4n) is 4.30. The largest absolute Gasteiger partial charge is 0.351 e. The molecule has 3 heterocycles. The summed E-state index contributed by atoms with van der Waals surface area (Å²) in [7, 11) is 0. The normalized spacial score (nSPS) is 17.6. The van der Waals surface area contributed by atoms with E-state index in [0.29, 0.717) is 23.7 Å². The zero-order valence-electron chi connectivity index (χ0n) is 19.4. The molecule has 1 fully saturated rings. The van der Waals surface area contributed by atoms with Gasteiger partial charge in [-0.05, 0) is 56.2 Å². The van der Waals surface area contributed by atoms with Gasteiger partial charge in [-0.2, -0.15) is 4.99 Å². The molecule has 0 saturated carbocycles. The average Bonchev–Trinajstić information content (AvgIpc) is 3.58. The Morgan fingerprint density at radius 1 is 1.06 bits per heavy atom. The molecule has 0 radical (unpaired) electrons. The zero-order chi connectivity index (χ0) is 24.4. The van der Waals surface area contributed by atoms with Crippen LogP contribution in [0.3, 0.4) is 0 Å². The molecule has 0 spiro atoms. The number of nitrogens with zero attached hydrogens (tertiary/aromatic N) is 4. The fourth-order valence-corrected chi connectivity index (χ4v) is 5.42. The molecule has 3 amide bonds. The van der Waals surface area contributed by atoms with Crippen molar-refractivity contribution in [2.24, 2.45) is 4.99 Å². The van der Waals surface area contributed by atoms with Crippen LogP contribution in [-0.2, 0) is 16.1 Å². The lowest BCUT2D eigenvalue weighted by atomic mass is 10.2. The van der Waals surface area contributed by atoms with Gasteiger partial charge >= 0.3 is 0 Å². The molecule has 0 aliphatic carbocycles. The van der Waals surface area contributed by atoms with Crippen molar-refractivity contribution < 1.29 is 14.4 Å². The van der Waals surface area contributed by atoms with Crippen LogP contribution in [0.1, 0.15) is 36.5 Å². The lowest BCUT2D eigenvalue weighted by Gasteiger charge is -2.16. The summed E-state index contributed by atoms with van der Waals surface area (Å²) in [6.07, 6.45) is 2.26. The monoisotopic (exact) mass is 490 g/mol. The summed E-state index contributed by atoms with van der Waals surface area (Å²) in [5.74, 6) is -0.308. The van der Waals surface area contributed by atoms with Crippen molar-refractivity contribution in [1.82, 2.24) is 14.5 Å². The summed E-state index contributed by atoms with van der Waals surface area (Å²) in [6, 6.07) is 14.4. The van der Waals surface area contributed by atoms with Gasteiger partial charge in [0, 0.05) is 37.3 Å². The highest BCUT2D eigenvalue weighted by molar-refractivity contribution is 8.15. The maximum atomic E-state index is 12.8. The van der Waals surface area contributed by atoms with Crippen LogP contribution < -0.4 is 10.6 Å². The molecule has 180 valence electrons. The number of aromatic nitrogens is 2. The van der Waals surface area contributed by atoms with Gasteiger partial charge in [0.25, 0.3) is 11.8 Å². The molecule has 1 atom stereocenters.